The lowest BCUT2D eigenvalue weighted by atomic mass is 10.0. The monoisotopic (exact) mass is 175 g/mol. The molecule has 1 aromatic rings. The molecule has 1 nitrogen and oxygen atoms in total. The van der Waals surface area contributed by atoms with Gasteiger partial charge < -0.3 is 5.32 Å². The van der Waals surface area contributed by atoms with E-state index in [0.29, 0.717) is 6.04 Å². The molecule has 0 radical (unpaired) electrons. The predicted molar refractivity (Wildman–Crippen MR) is 57.8 cm³/mol. The molecule has 0 aliphatic heterocycles. The zero-order valence-corrected chi connectivity index (χ0v) is 8.38. The van der Waals surface area contributed by atoms with Crippen LogP contribution >= 0.6 is 0 Å². The van der Waals surface area contributed by atoms with Crippen molar-refractivity contribution in [2.24, 2.45) is 0 Å². The van der Waals surface area contributed by atoms with Crippen LogP contribution in [0.3, 0.4) is 0 Å². The number of hydrogen-bond donors (Lipinski definition) is 1. The summed E-state index contributed by atoms with van der Waals surface area (Å²) < 4.78 is 0. The second-order valence-corrected chi connectivity index (χ2v) is 3.38. The van der Waals surface area contributed by atoms with Crippen molar-refractivity contribution in [3.63, 3.8) is 0 Å². The molecule has 1 atom stereocenters. The molecule has 70 valence electrons. The van der Waals surface area contributed by atoms with E-state index in [9.17, 15) is 0 Å². The van der Waals surface area contributed by atoms with Gasteiger partial charge in [-0.1, -0.05) is 42.5 Å². The van der Waals surface area contributed by atoms with Crippen LogP contribution in [0.2, 0.25) is 0 Å². The van der Waals surface area contributed by atoms with Crippen LogP contribution in [0.15, 0.2) is 42.5 Å². The molecule has 0 fully saturated rings. The van der Waals surface area contributed by atoms with Crippen molar-refractivity contribution in [3.05, 3.63) is 48.0 Å². The van der Waals surface area contributed by atoms with Crippen molar-refractivity contribution in [1.29, 1.82) is 0 Å². The molecule has 1 N–H and O–H groups in total. The van der Waals surface area contributed by atoms with Crippen molar-refractivity contribution >= 4 is 0 Å². The number of hydrogen-bond acceptors (Lipinski definition) is 1. The molecule has 0 spiro atoms. The van der Waals surface area contributed by atoms with E-state index >= 15 is 0 Å². The minimum absolute atomic E-state index is 0.391. The third kappa shape index (κ3) is 3.03. The first-order valence-electron chi connectivity index (χ1n) is 4.60. The van der Waals surface area contributed by atoms with Crippen LogP contribution < -0.4 is 5.32 Å². The van der Waals surface area contributed by atoms with E-state index in [1.165, 1.54) is 11.1 Å². The van der Waals surface area contributed by atoms with Gasteiger partial charge in [0.15, 0.2) is 0 Å². The average Bonchev–Trinajstić information content (AvgIpc) is 2.15. The second kappa shape index (κ2) is 4.83. The van der Waals surface area contributed by atoms with Gasteiger partial charge >= 0.3 is 0 Å². The Morgan fingerprint density at radius 1 is 1.38 bits per heavy atom. The Kier molecular flexibility index (Phi) is 3.71. The van der Waals surface area contributed by atoms with Crippen LogP contribution in [0.5, 0.6) is 0 Å². The smallest absolute Gasteiger partial charge is 0.0311 e. The van der Waals surface area contributed by atoms with Gasteiger partial charge in [-0.3, -0.25) is 0 Å². The van der Waals surface area contributed by atoms with Crippen molar-refractivity contribution in [2.75, 3.05) is 7.05 Å². The normalized spacial score (nSPS) is 12.5. The summed E-state index contributed by atoms with van der Waals surface area (Å²) in [4.78, 5) is 0. The molecule has 13 heavy (non-hydrogen) atoms. The lowest BCUT2D eigenvalue weighted by Gasteiger charge is -2.15. The zero-order valence-electron chi connectivity index (χ0n) is 8.38. The van der Waals surface area contributed by atoms with Crippen LogP contribution in [-0.4, -0.2) is 13.1 Å². The fraction of sp³-hybridized carbons (Fsp3) is 0.333. The highest BCUT2D eigenvalue weighted by molar-refractivity contribution is 5.18. The summed E-state index contributed by atoms with van der Waals surface area (Å²) in [7, 11) is 1.97. The van der Waals surface area contributed by atoms with E-state index < -0.39 is 0 Å². The molecule has 0 saturated heterocycles. The summed E-state index contributed by atoms with van der Waals surface area (Å²) >= 11 is 0. The molecule has 1 heteroatoms. The Morgan fingerprint density at radius 2 is 2.00 bits per heavy atom. The van der Waals surface area contributed by atoms with Crippen molar-refractivity contribution in [1.82, 2.24) is 5.32 Å². The summed E-state index contributed by atoms with van der Waals surface area (Å²) in [6.07, 6.45) is 1.02. The molecule has 0 aliphatic carbocycles. The fourth-order valence-electron chi connectivity index (χ4n) is 1.37. The zero-order chi connectivity index (χ0) is 9.68. The molecule has 0 saturated carbocycles. The average molecular weight is 175 g/mol. The minimum Gasteiger partial charge on any atom is -0.313 e. The predicted octanol–water partition coefficient (Wildman–Crippen LogP) is 2.39. The van der Waals surface area contributed by atoms with Crippen molar-refractivity contribution < 1.29 is 0 Å². The van der Waals surface area contributed by atoms with Gasteiger partial charge in [-0.05, 0) is 26.0 Å². The fourth-order valence-corrected chi connectivity index (χ4v) is 1.37. The largest absolute Gasteiger partial charge is 0.313 e. The van der Waals surface area contributed by atoms with Gasteiger partial charge in [0.25, 0.3) is 0 Å². The Hall–Kier alpha value is -1.08. The highest BCUT2D eigenvalue weighted by Crippen LogP contribution is 2.07. The minimum atomic E-state index is 0.391. The molecular weight excluding hydrogens is 158 g/mol. The van der Waals surface area contributed by atoms with Gasteiger partial charge in [0, 0.05) is 6.04 Å². The van der Waals surface area contributed by atoms with E-state index in [2.05, 4.69) is 43.1 Å². The first-order valence-corrected chi connectivity index (χ1v) is 4.60. The summed E-state index contributed by atoms with van der Waals surface area (Å²) in [5.41, 5.74) is 2.54. The van der Waals surface area contributed by atoms with Gasteiger partial charge in [-0.2, -0.15) is 0 Å². The molecule has 0 amide bonds. The Morgan fingerprint density at radius 3 is 2.46 bits per heavy atom. The number of likely N-dealkylation sites (N-methyl/N-ethyl adjacent to an activating group) is 1. The molecule has 0 aromatic heterocycles. The topological polar surface area (TPSA) is 12.0 Å². The lowest BCUT2D eigenvalue weighted by Crippen LogP contribution is -2.28. The van der Waals surface area contributed by atoms with Crippen LogP contribution in [0.25, 0.3) is 0 Å². The molecule has 1 unspecified atom stereocenters. The summed E-state index contributed by atoms with van der Waals surface area (Å²) in [6.45, 7) is 6.02. The maximum Gasteiger partial charge on any atom is 0.0311 e. The standard InChI is InChI=1S/C12H17N/c1-10(2)12(13-3)9-11-7-5-4-6-8-11/h4-8,12-13H,1,9H2,2-3H3. The molecule has 1 rings (SSSR count). The van der Waals surface area contributed by atoms with Crippen molar-refractivity contribution in [2.45, 2.75) is 19.4 Å². The molecule has 1 aromatic carbocycles. The van der Waals surface area contributed by atoms with E-state index in [0.717, 1.165) is 6.42 Å². The Bertz CT molecular complexity index is 264. The van der Waals surface area contributed by atoms with Gasteiger partial charge in [-0.25, -0.2) is 0 Å². The molecular formula is C12H17N. The van der Waals surface area contributed by atoms with Crippen LogP contribution in [0, 0.1) is 0 Å². The van der Waals surface area contributed by atoms with Crippen LogP contribution in [0.4, 0.5) is 0 Å². The first kappa shape index (κ1) is 10.0. The lowest BCUT2D eigenvalue weighted by molar-refractivity contribution is 0.634. The molecule has 0 aliphatic rings. The maximum atomic E-state index is 3.96. The Labute approximate surface area is 80.5 Å². The molecule has 0 heterocycles. The highest BCUT2D eigenvalue weighted by Gasteiger charge is 2.06. The van der Waals surface area contributed by atoms with E-state index in [1.54, 1.807) is 0 Å². The van der Waals surface area contributed by atoms with Gasteiger partial charge in [0.2, 0.25) is 0 Å². The second-order valence-electron chi connectivity index (χ2n) is 3.38. The SMILES string of the molecule is C=C(C)C(Cc1ccccc1)NC. The quantitative estimate of drug-likeness (QED) is 0.693. The third-order valence-electron chi connectivity index (χ3n) is 2.23. The summed E-state index contributed by atoms with van der Waals surface area (Å²) in [5, 5.41) is 3.25. The van der Waals surface area contributed by atoms with Gasteiger partial charge in [0.1, 0.15) is 0 Å². The summed E-state index contributed by atoms with van der Waals surface area (Å²) in [6, 6.07) is 10.9. The Balaban J connectivity index is 2.62. The van der Waals surface area contributed by atoms with E-state index in [1.807, 2.05) is 13.1 Å². The van der Waals surface area contributed by atoms with Gasteiger partial charge in [-0.15, -0.1) is 0 Å². The van der Waals surface area contributed by atoms with E-state index in [4.69, 9.17) is 0 Å². The van der Waals surface area contributed by atoms with Crippen LogP contribution in [-0.2, 0) is 6.42 Å². The number of rotatable bonds is 4. The third-order valence-corrected chi connectivity index (χ3v) is 2.23. The van der Waals surface area contributed by atoms with Gasteiger partial charge in [0.05, 0.1) is 0 Å². The highest BCUT2D eigenvalue weighted by atomic mass is 14.9. The first-order chi connectivity index (χ1) is 6.24. The molecule has 0 bridgehead atoms. The summed E-state index contributed by atoms with van der Waals surface area (Å²) in [5.74, 6) is 0. The van der Waals surface area contributed by atoms with Crippen LogP contribution in [0.1, 0.15) is 12.5 Å². The number of nitrogens with one attached hydrogen (secondary N) is 1. The van der Waals surface area contributed by atoms with Crippen molar-refractivity contribution in [3.8, 4) is 0 Å². The number of benzene rings is 1. The van der Waals surface area contributed by atoms with E-state index in [-0.39, 0.29) is 0 Å². The maximum absolute atomic E-state index is 3.96.